The van der Waals surface area contributed by atoms with E-state index in [2.05, 4.69) is 15.0 Å². The van der Waals surface area contributed by atoms with E-state index < -0.39 is 36.2 Å². The van der Waals surface area contributed by atoms with Gasteiger partial charge in [0.05, 0.1) is 10.5 Å². The Balaban J connectivity index is 1.92. The van der Waals surface area contributed by atoms with Crippen molar-refractivity contribution in [3.8, 4) is 5.88 Å². The van der Waals surface area contributed by atoms with Gasteiger partial charge < -0.3 is 14.8 Å². The summed E-state index contributed by atoms with van der Waals surface area (Å²) in [4.78, 5) is 37.8. The second kappa shape index (κ2) is 8.99. The number of anilines is 1. The number of nitrogens with zero attached hydrogens (tertiary/aromatic N) is 2. The Morgan fingerprint density at radius 1 is 1.24 bits per heavy atom. The summed E-state index contributed by atoms with van der Waals surface area (Å²) in [5.41, 5.74) is -0.0220. The summed E-state index contributed by atoms with van der Waals surface area (Å²) in [7, 11) is 0. The summed E-state index contributed by atoms with van der Waals surface area (Å²) in [6, 6.07) is 6.38. The number of halogens is 3. The lowest BCUT2D eigenvalue weighted by molar-refractivity contribution is -0.384. The highest BCUT2D eigenvalue weighted by Crippen LogP contribution is 2.27. The minimum absolute atomic E-state index is 0.0219. The first-order valence-corrected chi connectivity index (χ1v) is 7.93. The number of ether oxygens (including phenoxy) is 2. The van der Waals surface area contributed by atoms with E-state index in [1.54, 1.807) is 13.0 Å². The summed E-state index contributed by atoms with van der Waals surface area (Å²) in [5, 5.41) is 13.3. The van der Waals surface area contributed by atoms with Gasteiger partial charge in [0.2, 0.25) is 5.88 Å². The second-order valence-electron chi connectivity index (χ2n) is 5.64. The summed E-state index contributed by atoms with van der Waals surface area (Å²) in [6.07, 6.45) is -3.60. The number of hydrogen-bond donors (Lipinski definition) is 1. The maximum absolute atomic E-state index is 12.1. The minimum Gasteiger partial charge on any atom is -0.468 e. The third kappa shape index (κ3) is 6.45. The van der Waals surface area contributed by atoms with E-state index >= 15 is 0 Å². The van der Waals surface area contributed by atoms with Crippen molar-refractivity contribution in [3.05, 3.63) is 57.8 Å². The van der Waals surface area contributed by atoms with Gasteiger partial charge in [0.15, 0.2) is 13.2 Å². The molecule has 0 spiro atoms. The molecule has 1 heterocycles. The molecule has 0 aliphatic heterocycles. The van der Waals surface area contributed by atoms with Gasteiger partial charge in [-0.25, -0.2) is 9.78 Å². The van der Waals surface area contributed by atoms with Crippen LogP contribution in [0.2, 0.25) is 0 Å². The van der Waals surface area contributed by atoms with Gasteiger partial charge in [0.1, 0.15) is 5.69 Å². The Hall–Kier alpha value is -3.70. The Labute approximate surface area is 161 Å². The summed E-state index contributed by atoms with van der Waals surface area (Å²) >= 11 is 0. The molecule has 0 unspecified atom stereocenters. The SMILES string of the molecule is Cc1cccc([N+](=O)[O-])c1NC(=O)COC(=O)c1ccc(OCC(F)(F)F)nc1. The number of para-hydroxylation sites is 1. The van der Waals surface area contributed by atoms with E-state index in [9.17, 15) is 32.9 Å². The standard InChI is InChI=1S/C17H14F3N3O6/c1-10-3-2-4-12(23(26)27)15(10)22-13(24)8-28-16(25)11-5-6-14(21-7-11)29-9-17(18,19)20/h2-7H,8-9H2,1H3,(H,22,24). The smallest absolute Gasteiger partial charge is 0.422 e. The maximum atomic E-state index is 12.1. The van der Waals surface area contributed by atoms with Crippen molar-refractivity contribution in [2.24, 2.45) is 0 Å². The van der Waals surface area contributed by atoms with Crippen LogP contribution in [-0.2, 0) is 9.53 Å². The number of carbonyl (C=O) groups is 2. The fourth-order valence-electron chi connectivity index (χ4n) is 2.10. The number of amides is 1. The van der Waals surface area contributed by atoms with Gasteiger partial charge in [0, 0.05) is 18.3 Å². The number of nitro benzene ring substituents is 1. The predicted octanol–water partition coefficient (Wildman–Crippen LogP) is 3.03. The average Bonchev–Trinajstić information content (AvgIpc) is 2.65. The molecular weight excluding hydrogens is 399 g/mol. The van der Waals surface area contributed by atoms with E-state index in [-0.39, 0.29) is 22.8 Å². The molecule has 12 heteroatoms. The Morgan fingerprint density at radius 3 is 2.55 bits per heavy atom. The van der Waals surface area contributed by atoms with Gasteiger partial charge in [-0.15, -0.1) is 0 Å². The Bertz CT molecular complexity index is 916. The van der Waals surface area contributed by atoms with Gasteiger partial charge in [-0.05, 0) is 18.6 Å². The monoisotopic (exact) mass is 413 g/mol. The van der Waals surface area contributed by atoms with Crippen LogP contribution in [0.1, 0.15) is 15.9 Å². The zero-order valence-electron chi connectivity index (χ0n) is 14.9. The molecule has 0 saturated carbocycles. The fourth-order valence-corrected chi connectivity index (χ4v) is 2.10. The van der Waals surface area contributed by atoms with Crippen LogP contribution in [0.3, 0.4) is 0 Å². The van der Waals surface area contributed by atoms with E-state index in [1.807, 2.05) is 0 Å². The molecule has 0 bridgehead atoms. The predicted molar refractivity (Wildman–Crippen MR) is 92.5 cm³/mol. The highest BCUT2D eigenvalue weighted by molar-refractivity contribution is 5.97. The summed E-state index contributed by atoms with van der Waals surface area (Å²) < 4.78 is 45.4. The molecule has 1 aromatic heterocycles. The highest BCUT2D eigenvalue weighted by atomic mass is 19.4. The summed E-state index contributed by atoms with van der Waals surface area (Å²) in [6.45, 7) is -0.714. The van der Waals surface area contributed by atoms with Crippen LogP contribution in [0.25, 0.3) is 0 Å². The number of nitrogens with one attached hydrogen (secondary N) is 1. The molecule has 0 radical (unpaired) electrons. The highest BCUT2D eigenvalue weighted by Gasteiger charge is 2.28. The van der Waals surface area contributed by atoms with E-state index in [4.69, 9.17) is 4.74 Å². The second-order valence-corrected chi connectivity index (χ2v) is 5.64. The number of pyridine rings is 1. The molecule has 0 aliphatic rings. The van der Waals surface area contributed by atoms with Gasteiger partial charge in [0.25, 0.3) is 11.6 Å². The van der Waals surface area contributed by atoms with Crippen LogP contribution in [-0.4, -0.2) is 41.2 Å². The first kappa shape index (κ1) is 21.6. The summed E-state index contributed by atoms with van der Waals surface area (Å²) in [5.74, 6) is -2.12. The van der Waals surface area contributed by atoms with E-state index in [0.717, 1.165) is 18.3 Å². The van der Waals surface area contributed by atoms with Crippen LogP contribution in [0.15, 0.2) is 36.5 Å². The van der Waals surface area contributed by atoms with E-state index in [0.29, 0.717) is 5.56 Å². The quantitative estimate of drug-likeness (QED) is 0.421. The number of esters is 1. The zero-order chi connectivity index (χ0) is 21.6. The first-order valence-electron chi connectivity index (χ1n) is 7.93. The number of aryl methyl sites for hydroxylation is 1. The molecule has 0 atom stereocenters. The molecule has 2 rings (SSSR count). The first-order chi connectivity index (χ1) is 13.6. The molecule has 9 nitrogen and oxygen atoms in total. The molecule has 1 amide bonds. The molecular formula is C17H14F3N3O6. The van der Waals surface area contributed by atoms with Crippen molar-refractivity contribution in [1.29, 1.82) is 0 Å². The van der Waals surface area contributed by atoms with Crippen LogP contribution >= 0.6 is 0 Å². The van der Waals surface area contributed by atoms with Crippen LogP contribution < -0.4 is 10.1 Å². The molecule has 0 aliphatic carbocycles. The number of alkyl halides is 3. The Morgan fingerprint density at radius 2 is 1.97 bits per heavy atom. The van der Waals surface area contributed by atoms with Crippen molar-refractivity contribution in [3.63, 3.8) is 0 Å². The van der Waals surface area contributed by atoms with E-state index in [1.165, 1.54) is 12.1 Å². The van der Waals surface area contributed by atoms with Crippen molar-refractivity contribution in [2.75, 3.05) is 18.5 Å². The van der Waals surface area contributed by atoms with Crippen molar-refractivity contribution in [1.82, 2.24) is 4.98 Å². The fraction of sp³-hybridized carbons (Fsp3) is 0.235. The van der Waals surface area contributed by atoms with Crippen LogP contribution in [0, 0.1) is 17.0 Å². The van der Waals surface area contributed by atoms with Crippen molar-refractivity contribution < 1.29 is 37.2 Å². The van der Waals surface area contributed by atoms with Crippen LogP contribution in [0.4, 0.5) is 24.5 Å². The lowest BCUT2D eigenvalue weighted by Gasteiger charge is -2.10. The molecule has 0 saturated heterocycles. The lowest BCUT2D eigenvalue weighted by atomic mass is 10.1. The number of hydrogen-bond acceptors (Lipinski definition) is 7. The largest absolute Gasteiger partial charge is 0.468 e. The average molecular weight is 413 g/mol. The number of rotatable bonds is 7. The Kier molecular flexibility index (Phi) is 6.70. The topological polar surface area (TPSA) is 121 Å². The number of benzene rings is 1. The third-order valence-electron chi connectivity index (χ3n) is 3.40. The number of nitro groups is 1. The molecule has 1 N–H and O–H groups in total. The molecule has 0 fully saturated rings. The maximum Gasteiger partial charge on any atom is 0.422 e. The van der Waals surface area contributed by atoms with Gasteiger partial charge >= 0.3 is 12.1 Å². The van der Waals surface area contributed by atoms with Crippen molar-refractivity contribution in [2.45, 2.75) is 13.1 Å². The minimum atomic E-state index is -4.53. The lowest BCUT2D eigenvalue weighted by Crippen LogP contribution is -2.22. The zero-order valence-corrected chi connectivity index (χ0v) is 14.9. The molecule has 2 aromatic rings. The third-order valence-corrected chi connectivity index (χ3v) is 3.40. The normalized spacial score (nSPS) is 10.9. The molecule has 29 heavy (non-hydrogen) atoms. The van der Waals surface area contributed by atoms with Gasteiger partial charge in [-0.1, -0.05) is 12.1 Å². The van der Waals surface area contributed by atoms with Crippen LogP contribution in [0.5, 0.6) is 5.88 Å². The number of carbonyl (C=O) groups excluding carboxylic acids is 2. The molecule has 1 aromatic carbocycles. The van der Waals surface area contributed by atoms with Gasteiger partial charge in [-0.2, -0.15) is 13.2 Å². The number of aromatic nitrogens is 1. The van der Waals surface area contributed by atoms with Crippen molar-refractivity contribution >= 4 is 23.3 Å². The van der Waals surface area contributed by atoms with Gasteiger partial charge in [-0.3, -0.25) is 14.9 Å². The molecule has 154 valence electrons.